The van der Waals surface area contributed by atoms with Crippen LogP contribution >= 0.6 is 11.6 Å². The molecule has 1 saturated heterocycles. The van der Waals surface area contributed by atoms with Crippen LogP contribution in [0.1, 0.15) is 36.7 Å². The third-order valence-corrected chi connectivity index (χ3v) is 3.74. The van der Waals surface area contributed by atoms with Gasteiger partial charge in [0.15, 0.2) is 0 Å². The Morgan fingerprint density at radius 3 is 3.11 bits per heavy atom. The number of piperidine rings is 1. The number of nitrogens with one attached hydrogen (secondary N) is 2. The lowest BCUT2D eigenvalue weighted by Gasteiger charge is -2.33. The lowest BCUT2D eigenvalue weighted by atomic mass is 10.0. The molecule has 0 aliphatic carbocycles. The van der Waals surface area contributed by atoms with Crippen LogP contribution in [0, 0.1) is 0 Å². The SMILES string of the molecule is C[C@@H]1CCCCN1CCNC(=O)c1cc(Cl)c[nH]1. The summed E-state index contributed by atoms with van der Waals surface area (Å²) < 4.78 is 0. The third kappa shape index (κ3) is 3.50. The van der Waals surface area contributed by atoms with Gasteiger partial charge in [-0.3, -0.25) is 9.69 Å². The number of nitrogens with zero attached hydrogens (tertiary/aromatic N) is 1. The zero-order valence-corrected chi connectivity index (χ0v) is 11.5. The second-order valence-electron chi connectivity index (χ2n) is 4.87. The number of amides is 1. The molecule has 0 radical (unpaired) electrons. The van der Waals surface area contributed by atoms with Gasteiger partial charge in [0.25, 0.3) is 5.91 Å². The number of rotatable bonds is 4. The van der Waals surface area contributed by atoms with E-state index in [1.54, 1.807) is 12.3 Å². The first-order valence-electron chi connectivity index (χ1n) is 6.53. The highest BCUT2D eigenvalue weighted by atomic mass is 35.5. The molecule has 1 aromatic heterocycles. The Morgan fingerprint density at radius 2 is 2.44 bits per heavy atom. The van der Waals surface area contributed by atoms with Crippen LogP contribution in [0.4, 0.5) is 0 Å². The van der Waals surface area contributed by atoms with Gasteiger partial charge in [0.2, 0.25) is 0 Å². The molecule has 5 heteroatoms. The Bertz CT molecular complexity index is 405. The smallest absolute Gasteiger partial charge is 0.267 e. The number of likely N-dealkylation sites (tertiary alicyclic amines) is 1. The van der Waals surface area contributed by atoms with Crippen molar-refractivity contribution < 1.29 is 4.79 Å². The summed E-state index contributed by atoms with van der Waals surface area (Å²) in [5.74, 6) is -0.0911. The quantitative estimate of drug-likeness (QED) is 0.881. The molecular weight excluding hydrogens is 250 g/mol. The summed E-state index contributed by atoms with van der Waals surface area (Å²) in [6, 6.07) is 2.27. The Labute approximate surface area is 113 Å². The maximum absolute atomic E-state index is 11.8. The number of halogens is 1. The van der Waals surface area contributed by atoms with E-state index in [1.807, 2.05) is 0 Å². The van der Waals surface area contributed by atoms with Gasteiger partial charge in [0.05, 0.1) is 5.02 Å². The fourth-order valence-electron chi connectivity index (χ4n) is 2.40. The second-order valence-corrected chi connectivity index (χ2v) is 5.30. The molecule has 18 heavy (non-hydrogen) atoms. The summed E-state index contributed by atoms with van der Waals surface area (Å²) in [6.07, 6.45) is 5.47. The Morgan fingerprint density at radius 1 is 1.61 bits per heavy atom. The van der Waals surface area contributed by atoms with Crippen molar-refractivity contribution in [2.45, 2.75) is 32.2 Å². The Kier molecular flexibility index (Phi) is 4.66. The zero-order valence-electron chi connectivity index (χ0n) is 10.7. The molecule has 0 bridgehead atoms. The summed E-state index contributed by atoms with van der Waals surface area (Å²) >= 11 is 5.76. The number of carbonyl (C=O) groups excluding carboxylic acids is 1. The van der Waals surface area contributed by atoms with E-state index in [-0.39, 0.29) is 5.91 Å². The van der Waals surface area contributed by atoms with Gasteiger partial charge in [-0.2, -0.15) is 0 Å². The molecular formula is C13H20ClN3O. The van der Waals surface area contributed by atoms with E-state index in [0.29, 0.717) is 23.3 Å². The molecule has 0 spiro atoms. The van der Waals surface area contributed by atoms with Crippen LogP contribution in [0.15, 0.2) is 12.3 Å². The standard InChI is InChI=1S/C13H20ClN3O/c1-10-4-2-3-6-17(10)7-5-15-13(18)12-8-11(14)9-16-12/h8-10,16H,2-7H2,1H3,(H,15,18)/t10-/m1/s1. The third-order valence-electron chi connectivity index (χ3n) is 3.52. The van der Waals surface area contributed by atoms with E-state index in [4.69, 9.17) is 11.6 Å². The van der Waals surface area contributed by atoms with Gasteiger partial charge in [0, 0.05) is 25.3 Å². The van der Waals surface area contributed by atoms with E-state index in [2.05, 4.69) is 22.1 Å². The number of aromatic amines is 1. The highest BCUT2D eigenvalue weighted by molar-refractivity contribution is 6.30. The summed E-state index contributed by atoms with van der Waals surface area (Å²) in [5, 5.41) is 3.47. The molecule has 1 atom stereocenters. The van der Waals surface area contributed by atoms with Crippen LogP contribution in [0.3, 0.4) is 0 Å². The van der Waals surface area contributed by atoms with Crippen molar-refractivity contribution in [3.63, 3.8) is 0 Å². The molecule has 1 aliphatic heterocycles. The van der Waals surface area contributed by atoms with E-state index in [1.165, 1.54) is 19.3 Å². The van der Waals surface area contributed by atoms with E-state index >= 15 is 0 Å². The number of H-pyrrole nitrogens is 1. The lowest BCUT2D eigenvalue weighted by molar-refractivity contribution is 0.0934. The monoisotopic (exact) mass is 269 g/mol. The summed E-state index contributed by atoms with van der Waals surface area (Å²) in [5.41, 5.74) is 0.520. The first-order valence-corrected chi connectivity index (χ1v) is 6.91. The van der Waals surface area contributed by atoms with Gasteiger partial charge < -0.3 is 10.3 Å². The van der Waals surface area contributed by atoms with Crippen molar-refractivity contribution in [3.8, 4) is 0 Å². The average molecular weight is 270 g/mol. The van der Waals surface area contributed by atoms with E-state index in [0.717, 1.165) is 13.1 Å². The number of hydrogen-bond donors (Lipinski definition) is 2. The van der Waals surface area contributed by atoms with Crippen LogP contribution in [0.25, 0.3) is 0 Å². The Hall–Kier alpha value is -1.00. The van der Waals surface area contributed by atoms with Crippen molar-refractivity contribution in [1.29, 1.82) is 0 Å². The molecule has 0 saturated carbocycles. The Balaban J connectivity index is 1.73. The van der Waals surface area contributed by atoms with Crippen LogP contribution in [0.2, 0.25) is 5.02 Å². The molecule has 2 N–H and O–H groups in total. The molecule has 1 aromatic rings. The van der Waals surface area contributed by atoms with Crippen LogP contribution in [-0.2, 0) is 0 Å². The van der Waals surface area contributed by atoms with Crippen LogP contribution in [-0.4, -0.2) is 41.5 Å². The molecule has 2 heterocycles. The van der Waals surface area contributed by atoms with Crippen molar-refractivity contribution in [2.24, 2.45) is 0 Å². The molecule has 1 amide bonds. The van der Waals surface area contributed by atoms with Crippen LogP contribution in [0.5, 0.6) is 0 Å². The predicted molar refractivity (Wildman–Crippen MR) is 73.0 cm³/mol. The number of hydrogen-bond acceptors (Lipinski definition) is 2. The maximum atomic E-state index is 11.8. The molecule has 1 aliphatic rings. The van der Waals surface area contributed by atoms with Crippen LogP contribution < -0.4 is 5.32 Å². The minimum Gasteiger partial charge on any atom is -0.356 e. The van der Waals surface area contributed by atoms with Gasteiger partial charge in [-0.15, -0.1) is 0 Å². The van der Waals surface area contributed by atoms with Gasteiger partial charge in [-0.1, -0.05) is 18.0 Å². The minimum atomic E-state index is -0.0911. The molecule has 0 aromatic carbocycles. The first kappa shape index (κ1) is 13.4. The lowest BCUT2D eigenvalue weighted by Crippen LogP contribution is -2.42. The largest absolute Gasteiger partial charge is 0.356 e. The highest BCUT2D eigenvalue weighted by Crippen LogP contribution is 2.15. The predicted octanol–water partition coefficient (Wildman–Crippen LogP) is 2.27. The van der Waals surface area contributed by atoms with Crippen molar-refractivity contribution >= 4 is 17.5 Å². The van der Waals surface area contributed by atoms with Crippen molar-refractivity contribution in [2.75, 3.05) is 19.6 Å². The fraction of sp³-hybridized carbons (Fsp3) is 0.615. The van der Waals surface area contributed by atoms with Gasteiger partial charge >= 0.3 is 0 Å². The molecule has 100 valence electrons. The highest BCUT2D eigenvalue weighted by Gasteiger charge is 2.17. The van der Waals surface area contributed by atoms with E-state index < -0.39 is 0 Å². The fourth-order valence-corrected chi connectivity index (χ4v) is 2.56. The summed E-state index contributed by atoms with van der Waals surface area (Å²) in [6.45, 7) is 5.00. The maximum Gasteiger partial charge on any atom is 0.267 e. The summed E-state index contributed by atoms with van der Waals surface area (Å²) in [7, 11) is 0. The number of carbonyl (C=O) groups is 1. The average Bonchev–Trinajstić information content (AvgIpc) is 2.78. The topological polar surface area (TPSA) is 48.1 Å². The zero-order chi connectivity index (χ0) is 13.0. The minimum absolute atomic E-state index is 0.0911. The summed E-state index contributed by atoms with van der Waals surface area (Å²) in [4.78, 5) is 17.0. The van der Waals surface area contributed by atoms with E-state index in [9.17, 15) is 4.79 Å². The van der Waals surface area contributed by atoms with Crippen molar-refractivity contribution in [3.05, 3.63) is 23.0 Å². The normalized spacial score (nSPS) is 20.9. The molecule has 0 unspecified atom stereocenters. The van der Waals surface area contributed by atoms with Crippen molar-refractivity contribution in [1.82, 2.24) is 15.2 Å². The second kappa shape index (κ2) is 6.25. The van der Waals surface area contributed by atoms with Gasteiger partial charge in [-0.05, 0) is 32.4 Å². The molecule has 4 nitrogen and oxygen atoms in total. The first-order chi connectivity index (χ1) is 8.66. The molecule has 1 fully saturated rings. The molecule has 2 rings (SSSR count). The van der Waals surface area contributed by atoms with Gasteiger partial charge in [0.1, 0.15) is 5.69 Å². The van der Waals surface area contributed by atoms with Gasteiger partial charge in [-0.25, -0.2) is 0 Å². The number of aromatic nitrogens is 1.